The molecule has 0 spiro atoms. The van der Waals surface area contributed by atoms with E-state index in [9.17, 15) is 9.18 Å². The highest BCUT2D eigenvalue weighted by molar-refractivity contribution is 7.22. The number of halogens is 2. The normalized spacial score (nSPS) is 11.1. The molecule has 2 heterocycles. The van der Waals surface area contributed by atoms with Crippen LogP contribution in [0.15, 0.2) is 42.5 Å². The van der Waals surface area contributed by atoms with Gasteiger partial charge < -0.3 is 10.2 Å². The summed E-state index contributed by atoms with van der Waals surface area (Å²) in [6.45, 7) is 4.41. The summed E-state index contributed by atoms with van der Waals surface area (Å²) in [6.07, 6.45) is 0. The van der Waals surface area contributed by atoms with Crippen molar-refractivity contribution in [2.45, 2.75) is 20.4 Å². The fraction of sp³-hybridized carbons (Fsp3) is 0.227. The maximum atomic E-state index is 13.3. The summed E-state index contributed by atoms with van der Waals surface area (Å²) >= 11 is 7.29. The highest BCUT2D eigenvalue weighted by atomic mass is 35.5. The smallest absolute Gasteiger partial charge is 0.239 e. The van der Waals surface area contributed by atoms with Crippen molar-refractivity contribution in [3.63, 3.8) is 0 Å². The van der Waals surface area contributed by atoms with Crippen LogP contribution in [0.2, 0.25) is 5.02 Å². The van der Waals surface area contributed by atoms with E-state index >= 15 is 0 Å². The van der Waals surface area contributed by atoms with Crippen molar-refractivity contribution in [3.05, 3.63) is 70.1 Å². The van der Waals surface area contributed by atoms with Gasteiger partial charge in [-0.1, -0.05) is 46.7 Å². The zero-order valence-corrected chi connectivity index (χ0v) is 18.9. The topological polar surface area (TPSA) is 63.1 Å². The molecule has 4 rings (SSSR count). The molecule has 0 atom stereocenters. The van der Waals surface area contributed by atoms with Gasteiger partial charge in [0.05, 0.1) is 27.6 Å². The van der Waals surface area contributed by atoms with Gasteiger partial charge in [0.1, 0.15) is 5.82 Å². The lowest BCUT2D eigenvalue weighted by Crippen LogP contribution is -2.34. The van der Waals surface area contributed by atoms with Gasteiger partial charge in [-0.25, -0.2) is 9.07 Å². The first-order valence-electron chi connectivity index (χ1n) is 9.67. The molecule has 2 aromatic carbocycles. The van der Waals surface area contributed by atoms with E-state index in [0.29, 0.717) is 0 Å². The Bertz CT molecular complexity index is 1250. The molecule has 1 amide bonds. The minimum absolute atomic E-state index is 0.0383. The van der Waals surface area contributed by atoms with E-state index in [4.69, 9.17) is 16.6 Å². The predicted octanol–water partition coefficient (Wildman–Crippen LogP) is 4.64. The number of likely N-dealkylation sites (N-methyl/N-ethyl adjacent to an activating group) is 1. The lowest BCUT2D eigenvalue weighted by molar-refractivity contribution is -0.119. The van der Waals surface area contributed by atoms with Crippen LogP contribution >= 0.6 is 22.9 Å². The Morgan fingerprint density at radius 3 is 2.68 bits per heavy atom. The van der Waals surface area contributed by atoms with Crippen molar-refractivity contribution < 1.29 is 9.18 Å². The zero-order valence-electron chi connectivity index (χ0n) is 17.3. The molecule has 0 bridgehead atoms. The number of nitrogens with zero attached hydrogens (tertiary/aromatic N) is 4. The second-order valence-corrected chi connectivity index (χ2v) is 8.75. The van der Waals surface area contributed by atoms with Gasteiger partial charge in [-0.3, -0.25) is 4.79 Å². The molecule has 160 valence electrons. The molecule has 0 aliphatic carbocycles. The lowest BCUT2D eigenvalue weighted by Gasteiger charge is -2.15. The quantitative estimate of drug-likeness (QED) is 0.458. The molecule has 0 fully saturated rings. The van der Waals surface area contributed by atoms with Crippen LogP contribution < -0.4 is 10.2 Å². The third-order valence-electron chi connectivity index (χ3n) is 4.84. The van der Waals surface area contributed by atoms with Gasteiger partial charge in [-0.05, 0) is 43.7 Å². The number of rotatable bonds is 6. The van der Waals surface area contributed by atoms with Crippen molar-refractivity contribution in [2.24, 2.45) is 0 Å². The number of amides is 1. The summed E-state index contributed by atoms with van der Waals surface area (Å²) in [6, 6.07) is 12.5. The van der Waals surface area contributed by atoms with Crippen LogP contribution in [0.1, 0.15) is 16.8 Å². The number of fused-ring (bicyclic) bond motifs is 1. The summed E-state index contributed by atoms with van der Waals surface area (Å²) in [4.78, 5) is 18.9. The lowest BCUT2D eigenvalue weighted by atomic mass is 10.2. The summed E-state index contributed by atoms with van der Waals surface area (Å²) in [5.74, 6) is -0.647. The Hall–Kier alpha value is -2.97. The Morgan fingerprint density at radius 1 is 1.23 bits per heavy atom. The van der Waals surface area contributed by atoms with Crippen molar-refractivity contribution in [1.29, 1.82) is 0 Å². The SMILES string of the molecule is Cc1ccc(-n2nc(C)c3sc(N(C)CC(=O)NCc4ccc(F)c(Cl)c4)nc32)cc1. The van der Waals surface area contributed by atoms with Gasteiger partial charge in [0.15, 0.2) is 10.8 Å². The Balaban J connectivity index is 1.46. The number of anilines is 1. The first-order chi connectivity index (χ1) is 14.8. The maximum absolute atomic E-state index is 13.3. The molecule has 0 saturated carbocycles. The average Bonchev–Trinajstić information content (AvgIpc) is 3.30. The van der Waals surface area contributed by atoms with Gasteiger partial charge >= 0.3 is 0 Å². The van der Waals surface area contributed by atoms with Gasteiger partial charge in [-0.15, -0.1) is 0 Å². The number of aromatic nitrogens is 3. The molecule has 2 aromatic heterocycles. The molecule has 9 heteroatoms. The highest BCUT2D eigenvalue weighted by Gasteiger charge is 2.18. The van der Waals surface area contributed by atoms with Crippen LogP contribution in [0.5, 0.6) is 0 Å². The van der Waals surface area contributed by atoms with Crippen LogP contribution in [0, 0.1) is 19.7 Å². The number of carbonyl (C=O) groups excluding carboxylic acids is 1. The van der Waals surface area contributed by atoms with Crippen LogP contribution in [-0.2, 0) is 11.3 Å². The first-order valence-corrected chi connectivity index (χ1v) is 10.9. The fourth-order valence-corrected chi connectivity index (χ4v) is 4.29. The highest BCUT2D eigenvalue weighted by Crippen LogP contribution is 2.32. The molecule has 31 heavy (non-hydrogen) atoms. The molecule has 0 aliphatic heterocycles. The molecule has 1 N–H and O–H groups in total. The summed E-state index contributed by atoms with van der Waals surface area (Å²) in [7, 11) is 1.82. The standard InChI is InChI=1S/C22H21ClFN5OS/c1-13-4-7-16(8-5-13)29-21-20(14(2)27-29)31-22(26-21)28(3)12-19(30)25-11-15-6-9-18(24)17(23)10-15/h4-10H,11-12H2,1-3H3,(H,25,30). The molecular weight excluding hydrogens is 437 g/mol. The summed E-state index contributed by atoms with van der Waals surface area (Å²) < 4.78 is 16.1. The van der Waals surface area contributed by atoms with Crippen molar-refractivity contribution in [2.75, 3.05) is 18.5 Å². The molecular formula is C22H21ClFN5OS. The van der Waals surface area contributed by atoms with Gasteiger partial charge in [0.25, 0.3) is 0 Å². The Morgan fingerprint density at radius 2 is 1.97 bits per heavy atom. The number of hydrogen-bond donors (Lipinski definition) is 1. The minimum Gasteiger partial charge on any atom is -0.350 e. The van der Waals surface area contributed by atoms with E-state index < -0.39 is 5.82 Å². The van der Waals surface area contributed by atoms with E-state index in [-0.39, 0.29) is 24.0 Å². The molecule has 0 unspecified atom stereocenters. The second-order valence-electron chi connectivity index (χ2n) is 7.36. The van der Waals surface area contributed by atoms with E-state index in [1.807, 2.05) is 49.8 Å². The number of aryl methyl sites for hydroxylation is 2. The van der Waals surface area contributed by atoms with E-state index in [2.05, 4.69) is 10.4 Å². The summed E-state index contributed by atoms with van der Waals surface area (Å²) in [5, 5.41) is 8.21. The molecule has 0 saturated heterocycles. The Kier molecular flexibility index (Phi) is 5.93. The largest absolute Gasteiger partial charge is 0.350 e. The first kappa shape index (κ1) is 21.3. The molecule has 6 nitrogen and oxygen atoms in total. The molecule has 0 radical (unpaired) electrons. The van der Waals surface area contributed by atoms with Gasteiger partial charge in [0.2, 0.25) is 5.91 Å². The minimum atomic E-state index is -0.480. The number of benzene rings is 2. The van der Waals surface area contributed by atoms with Crippen molar-refractivity contribution >= 4 is 44.3 Å². The van der Waals surface area contributed by atoms with Gasteiger partial charge in [-0.2, -0.15) is 10.1 Å². The van der Waals surface area contributed by atoms with Crippen LogP contribution in [0.25, 0.3) is 16.0 Å². The van der Waals surface area contributed by atoms with Crippen LogP contribution in [-0.4, -0.2) is 34.3 Å². The number of nitrogens with one attached hydrogen (secondary N) is 1. The maximum Gasteiger partial charge on any atom is 0.239 e. The third-order valence-corrected chi connectivity index (χ3v) is 6.39. The van der Waals surface area contributed by atoms with E-state index in [0.717, 1.165) is 32.4 Å². The fourth-order valence-electron chi connectivity index (χ4n) is 3.14. The monoisotopic (exact) mass is 457 g/mol. The van der Waals surface area contributed by atoms with Crippen LogP contribution in [0.3, 0.4) is 0 Å². The van der Waals surface area contributed by atoms with Crippen molar-refractivity contribution in [3.8, 4) is 5.69 Å². The van der Waals surface area contributed by atoms with Gasteiger partial charge in [0, 0.05) is 13.6 Å². The Labute approximate surface area is 188 Å². The molecule has 4 aromatic rings. The number of hydrogen-bond acceptors (Lipinski definition) is 5. The average molecular weight is 458 g/mol. The predicted molar refractivity (Wildman–Crippen MR) is 123 cm³/mol. The third kappa shape index (κ3) is 4.55. The number of thiazole rings is 1. The van der Waals surface area contributed by atoms with E-state index in [1.165, 1.54) is 29.0 Å². The number of carbonyl (C=O) groups is 1. The van der Waals surface area contributed by atoms with Crippen LogP contribution in [0.4, 0.5) is 9.52 Å². The summed E-state index contributed by atoms with van der Waals surface area (Å²) in [5.41, 5.74) is 4.52. The van der Waals surface area contributed by atoms with E-state index in [1.54, 1.807) is 11.0 Å². The second kappa shape index (κ2) is 8.64. The molecule has 0 aliphatic rings. The van der Waals surface area contributed by atoms with Crippen molar-refractivity contribution in [1.82, 2.24) is 20.1 Å². The zero-order chi connectivity index (χ0) is 22.1.